The fraction of sp³-hybridized carbons (Fsp3) is 1.00. The average Bonchev–Trinajstić information content (AvgIpc) is 2.10. The van der Waals surface area contributed by atoms with Crippen LogP contribution in [0.1, 0.15) is 13.8 Å². The number of aliphatic hydroxyl groups excluding tert-OH is 1. The van der Waals surface area contributed by atoms with Gasteiger partial charge >= 0.3 is 0 Å². The van der Waals surface area contributed by atoms with Gasteiger partial charge < -0.3 is 19.3 Å². The molecule has 4 heteroatoms. The molecule has 1 aliphatic rings. The Morgan fingerprint density at radius 3 is 2.00 bits per heavy atom. The highest BCUT2D eigenvalue weighted by atomic mass is 16.6. The SMILES string of the molecule is CO[C@@H]1[C@H](O)[C@@H](C)O[C@@H](C)[C@@H]1OC. The molecule has 0 aromatic heterocycles. The van der Waals surface area contributed by atoms with Crippen LogP contribution in [-0.4, -0.2) is 49.8 Å². The van der Waals surface area contributed by atoms with Crippen molar-refractivity contribution in [3.05, 3.63) is 0 Å². The molecule has 0 bridgehead atoms. The zero-order chi connectivity index (χ0) is 10.0. The molecule has 0 aromatic carbocycles. The molecule has 4 nitrogen and oxygen atoms in total. The lowest BCUT2D eigenvalue weighted by Gasteiger charge is -2.41. The molecule has 0 amide bonds. The van der Waals surface area contributed by atoms with Crippen LogP contribution < -0.4 is 0 Å². The monoisotopic (exact) mass is 190 g/mol. The number of hydrogen-bond acceptors (Lipinski definition) is 4. The Bertz CT molecular complexity index is 162. The number of rotatable bonds is 2. The third-order valence-electron chi connectivity index (χ3n) is 2.58. The van der Waals surface area contributed by atoms with Crippen molar-refractivity contribution in [2.45, 2.75) is 44.4 Å². The molecule has 0 aromatic rings. The molecule has 5 atom stereocenters. The molecule has 0 aliphatic carbocycles. The van der Waals surface area contributed by atoms with Gasteiger partial charge in [0.2, 0.25) is 0 Å². The van der Waals surface area contributed by atoms with Crippen molar-refractivity contribution in [1.82, 2.24) is 0 Å². The molecule has 0 spiro atoms. The van der Waals surface area contributed by atoms with E-state index in [1.54, 1.807) is 14.2 Å². The first-order chi connectivity index (χ1) is 6.11. The van der Waals surface area contributed by atoms with Crippen LogP contribution in [0.5, 0.6) is 0 Å². The second-order valence-electron chi connectivity index (χ2n) is 3.44. The van der Waals surface area contributed by atoms with Gasteiger partial charge in [0.05, 0.1) is 12.2 Å². The van der Waals surface area contributed by atoms with Gasteiger partial charge in [0.1, 0.15) is 18.3 Å². The Hall–Kier alpha value is -0.160. The summed E-state index contributed by atoms with van der Waals surface area (Å²) in [5.41, 5.74) is 0. The summed E-state index contributed by atoms with van der Waals surface area (Å²) in [6.07, 6.45) is -1.37. The molecular formula is C9H18O4. The highest BCUT2D eigenvalue weighted by Gasteiger charge is 2.41. The van der Waals surface area contributed by atoms with E-state index in [0.29, 0.717) is 0 Å². The van der Waals surface area contributed by atoms with Crippen LogP contribution in [0.2, 0.25) is 0 Å². The van der Waals surface area contributed by atoms with E-state index >= 15 is 0 Å². The summed E-state index contributed by atoms with van der Waals surface area (Å²) in [6, 6.07) is 0. The predicted octanol–water partition coefficient (Wildman–Crippen LogP) is 0.184. The third kappa shape index (κ3) is 2.02. The number of hydrogen-bond donors (Lipinski definition) is 1. The zero-order valence-electron chi connectivity index (χ0n) is 8.56. The lowest BCUT2D eigenvalue weighted by atomic mass is 9.96. The molecular weight excluding hydrogens is 172 g/mol. The maximum Gasteiger partial charge on any atom is 0.114 e. The summed E-state index contributed by atoms with van der Waals surface area (Å²) < 4.78 is 15.9. The van der Waals surface area contributed by atoms with Gasteiger partial charge in [-0.1, -0.05) is 0 Å². The fourth-order valence-corrected chi connectivity index (χ4v) is 1.82. The highest BCUT2D eigenvalue weighted by Crippen LogP contribution is 2.24. The minimum atomic E-state index is -0.619. The van der Waals surface area contributed by atoms with Crippen molar-refractivity contribution >= 4 is 0 Å². The number of aliphatic hydroxyl groups is 1. The molecule has 78 valence electrons. The summed E-state index contributed by atoms with van der Waals surface area (Å²) in [4.78, 5) is 0. The fourth-order valence-electron chi connectivity index (χ4n) is 1.82. The third-order valence-corrected chi connectivity index (χ3v) is 2.58. The molecule has 1 aliphatic heterocycles. The predicted molar refractivity (Wildman–Crippen MR) is 47.6 cm³/mol. The second-order valence-corrected chi connectivity index (χ2v) is 3.44. The summed E-state index contributed by atoms with van der Waals surface area (Å²) in [7, 11) is 3.17. The summed E-state index contributed by atoms with van der Waals surface area (Å²) in [6.45, 7) is 3.75. The van der Waals surface area contributed by atoms with E-state index in [-0.39, 0.29) is 24.4 Å². The van der Waals surface area contributed by atoms with Crippen LogP contribution in [0.15, 0.2) is 0 Å². The maximum absolute atomic E-state index is 9.73. The van der Waals surface area contributed by atoms with Crippen LogP contribution in [0.4, 0.5) is 0 Å². The van der Waals surface area contributed by atoms with E-state index in [1.165, 1.54) is 0 Å². The Kier molecular flexibility index (Phi) is 3.67. The lowest BCUT2D eigenvalue weighted by Crippen LogP contribution is -2.57. The quantitative estimate of drug-likeness (QED) is 0.675. The van der Waals surface area contributed by atoms with Gasteiger partial charge in [-0.25, -0.2) is 0 Å². The van der Waals surface area contributed by atoms with Gasteiger partial charge in [-0.15, -0.1) is 0 Å². The van der Waals surface area contributed by atoms with E-state index in [2.05, 4.69) is 0 Å². The first kappa shape index (κ1) is 10.9. The van der Waals surface area contributed by atoms with Crippen LogP contribution in [0.25, 0.3) is 0 Å². The summed E-state index contributed by atoms with van der Waals surface area (Å²) in [5, 5.41) is 9.73. The van der Waals surface area contributed by atoms with E-state index in [0.717, 1.165) is 0 Å². The van der Waals surface area contributed by atoms with Crippen LogP contribution >= 0.6 is 0 Å². The van der Waals surface area contributed by atoms with Crippen molar-refractivity contribution in [2.75, 3.05) is 14.2 Å². The molecule has 0 unspecified atom stereocenters. The van der Waals surface area contributed by atoms with Gasteiger partial charge in [0, 0.05) is 14.2 Å². The van der Waals surface area contributed by atoms with Gasteiger partial charge in [-0.05, 0) is 13.8 Å². The Morgan fingerprint density at radius 1 is 1.00 bits per heavy atom. The van der Waals surface area contributed by atoms with Crippen molar-refractivity contribution in [2.24, 2.45) is 0 Å². The molecule has 0 saturated carbocycles. The first-order valence-electron chi connectivity index (χ1n) is 4.51. The van der Waals surface area contributed by atoms with Crippen molar-refractivity contribution in [1.29, 1.82) is 0 Å². The molecule has 1 fully saturated rings. The first-order valence-corrected chi connectivity index (χ1v) is 4.51. The molecule has 13 heavy (non-hydrogen) atoms. The van der Waals surface area contributed by atoms with Gasteiger partial charge in [-0.3, -0.25) is 0 Å². The van der Waals surface area contributed by atoms with Crippen LogP contribution in [-0.2, 0) is 14.2 Å². The number of methoxy groups -OCH3 is 2. The maximum atomic E-state index is 9.73. The Balaban J connectivity index is 2.71. The molecule has 1 heterocycles. The second kappa shape index (κ2) is 4.37. The van der Waals surface area contributed by atoms with Crippen LogP contribution in [0, 0.1) is 0 Å². The van der Waals surface area contributed by atoms with Gasteiger partial charge in [-0.2, -0.15) is 0 Å². The summed E-state index contributed by atoms with van der Waals surface area (Å²) in [5.74, 6) is 0. The van der Waals surface area contributed by atoms with Gasteiger partial charge in [0.15, 0.2) is 0 Å². The van der Waals surface area contributed by atoms with E-state index in [1.807, 2.05) is 13.8 Å². The highest BCUT2D eigenvalue weighted by molar-refractivity contribution is 4.90. The lowest BCUT2D eigenvalue weighted by molar-refractivity contribution is -0.226. The zero-order valence-corrected chi connectivity index (χ0v) is 8.56. The van der Waals surface area contributed by atoms with Crippen molar-refractivity contribution in [3.8, 4) is 0 Å². The van der Waals surface area contributed by atoms with Gasteiger partial charge in [0.25, 0.3) is 0 Å². The largest absolute Gasteiger partial charge is 0.388 e. The molecule has 1 rings (SSSR count). The average molecular weight is 190 g/mol. The topological polar surface area (TPSA) is 47.9 Å². The minimum absolute atomic E-state index is 0.0478. The Labute approximate surface area is 78.8 Å². The van der Waals surface area contributed by atoms with E-state index in [4.69, 9.17) is 14.2 Å². The van der Waals surface area contributed by atoms with Crippen molar-refractivity contribution in [3.63, 3.8) is 0 Å². The number of ether oxygens (including phenoxy) is 3. The molecule has 1 saturated heterocycles. The van der Waals surface area contributed by atoms with E-state index < -0.39 is 6.10 Å². The Morgan fingerprint density at radius 2 is 1.54 bits per heavy atom. The minimum Gasteiger partial charge on any atom is -0.388 e. The normalized spacial score (nSPS) is 46.4. The van der Waals surface area contributed by atoms with Crippen LogP contribution in [0.3, 0.4) is 0 Å². The summed E-state index contributed by atoms with van der Waals surface area (Å²) >= 11 is 0. The van der Waals surface area contributed by atoms with E-state index in [9.17, 15) is 5.11 Å². The molecule has 1 N–H and O–H groups in total. The standard InChI is InChI=1S/C9H18O4/c1-5-7(10)9(12-4)8(11-3)6(2)13-5/h5-10H,1-4H3/t5-,6+,7-,8+,9-/m1/s1. The molecule has 0 radical (unpaired) electrons. The van der Waals surface area contributed by atoms with Crippen molar-refractivity contribution < 1.29 is 19.3 Å². The smallest absolute Gasteiger partial charge is 0.114 e.